The van der Waals surface area contributed by atoms with Crippen LogP contribution < -0.4 is 0 Å². The Balaban J connectivity index is 2.55. The fraction of sp³-hybridized carbons (Fsp3) is 0.647. The SMILES string of the molecule is CC(C)OC(CCCCc1ccc(F)c(F)c1)(O[SiH3])OC(C)C. The fourth-order valence-electron chi connectivity index (χ4n) is 2.43. The summed E-state index contributed by atoms with van der Waals surface area (Å²) >= 11 is 0. The maximum Gasteiger partial charge on any atom is 0.273 e. The van der Waals surface area contributed by atoms with Crippen LogP contribution in [0.5, 0.6) is 0 Å². The minimum atomic E-state index is -0.997. The van der Waals surface area contributed by atoms with E-state index in [1.165, 1.54) is 12.1 Å². The molecule has 0 saturated carbocycles. The molecule has 0 N–H and O–H groups in total. The van der Waals surface area contributed by atoms with Gasteiger partial charge >= 0.3 is 0 Å². The van der Waals surface area contributed by atoms with Gasteiger partial charge in [0.25, 0.3) is 5.97 Å². The van der Waals surface area contributed by atoms with E-state index in [1.54, 1.807) is 6.07 Å². The van der Waals surface area contributed by atoms with Gasteiger partial charge in [-0.2, -0.15) is 0 Å². The molecule has 6 heteroatoms. The lowest BCUT2D eigenvalue weighted by molar-refractivity contribution is -0.369. The van der Waals surface area contributed by atoms with Crippen molar-refractivity contribution in [2.24, 2.45) is 0 Å². The predicted octanol–water partition coefficient (Wildman–Crippen LogP) is 3.48. The summed E-state index contributed by atoms with van der Waals surface area (Å²) in [4.78, 5) is 0. The van der Waals surface area contributed by atoms with Crippen LogP contribution in [0.2, 0.25) is 0 Å². The first kappa shape index (κ1) is 20.2. The minimum absolute atomic E-state index is 0.00565. The highest BCUT2D eigenvalue weighted by molar-refractivity contribution is 5.98. The van der Waals surface area contributed by atoms with Crippen molar-refractivity contribution >= 4 is 10.5 Å². The molecule has 1 aromatic carbocycles. The Kier molecular flexibility index (Phi) is 8.32. The second kappa shape index (κ2) is 9.47. The van der Waals surface area contributed by atoms with E-state index in [2.05, 4.69) is 0 Å². The molecule has 0 saturated heterocycles. The molecule has 1 rings (SSSR count). The summed E-state index contributed by atoms with van der Waals surface area (Å²) in [5, 5.41) is 0. The molecule has 0 radical (unpaired) electrons. The van der Waals surface area contributed by atoms with Crippen molar-refractivity contribution in [3.63, 3.8) is 0 Å². The van der Waals surface area contributed by atoms with E-state index in [4.69, 9.17) is 13.9 Å². The summed E-state index contributed by atoms with van der Waals surface area (Å²) in [5.74, 6) is -2.61. The van der Waals surface area contributed by atoms with Crippen LogP contribution in [0.25, 0.3) is 0 Å². The molecule has 0 atom stereocenters. The number of unbranched alkanes of at least 4 members (excludes halogenated alkanes) is 1. The Hall–Kier alpha value is -0.823. The molecule has 0 bridgehead atoms. The quantitative estimate of drug-likeness (QED) is 0.369. The van der Waals surface area contributed by atoms with Gasteiger partial charge < -0.3 is 13.9 Å². The molecular weight excluding hydrogens is 318 g/mol. The lowest BCUT2D eigenvalue weighted by Gasteiger charge is -2.36. The molecule has 23 heavy (non-hydrogen) atoms. The van der Waals surface area contributed by atoms with Crippen LogP contribution in [-0.4, -0.2) is 28.7 Å². The van der Waals surface area contributed by atoms with Crippen molar-refractivity contribution in [2.45, 2.75) is 71.6 Å². The molecule has 0 aliphatic rings. The summed E-state index contributed by atoms with van der Waals surface area (Å²) in [5.41, 5.74) is 0.788. The van der Waals surface area contributed by atoms with Gasteiger partial charge in [0, 0.05) is 6.42 Å². The normalized spacial score (nSPS) is 12.5. The number of halogens is 2. The highest BCUT2D eigenvalue weighted by Crippen LogP contribution is 2.26. The van der Waals surface area contributed by atoms with Gasteiger partial charge in [0.2, 0.25) is 0 Å². The molecule has 0 aliphatic carbocycles. The second-order valence-electron chi connectivity index (χ2n) is 6.18. The fourth-order valence-corrected chi connectivity index (χ4v) is 2.82. The molecular formula is C17H28F2O3Si. The third-order valence-corrected chi connectivity index (χ3v) is 3.95. The van der Waals surface area contributed by atoms with Gasteiger partial charge in [0.1, 0.15) is 0 Å². The molecule has 0 fully saturated rings. The van der Waals surface area contributed by atoms with Crippen molar-refractivity contribution in [3.8, 4) is 0 Å². The van der Waals surface area contributed by atoms with Crippen LogP contribution >= 0.6 is 0 Å². The van der Waals surface area contributed by atoms with E-state index < -0.39 is 17.6 Å². The van der Waals surface area contributed by atoms with Crippen LogP contribution in [0, 0.1) is 11.6 Å². The lowest BCUT2D eigenvalue weighted by Crippen LogP contribution is -2.42. The Labute approximate surface area is 140 Å². The maximum atomic E-state index is 13.2. The van der Waals surface area contributed by atoms with Crippen LogP contribution in [0.15, 0.2) is 18.2 Å². The van der Waals surface area contributed by atoms with Gasteiger partial charge in [0.15, 0.2) is 22.1 Å². The number of ether oxygens (including phenoxy) is 2. The van der Waals surface area contributed by atoms with E-state index in [0.29, 0.717) is 23.3 Å². The monoisotopic (exact) mass is 346 g/mol. The molecule has 0 aliphatic heterocycles. The second-order valence-corrected chi connectivity index (χ2v) is 6.58. The van der Waals surface area contributed by atoms with Gasteiger partial charge in [-0.1, -0.05) is 6.07 Å². The summed E-state index contributed by atoms with van der Waals surface area (Å²) in [7, 11) is 0.507. The number of hydrogen-bond donors (Lipinski definition) is 0. The summed E-state index contributed by atoms with van der Waals surface area (Å²) in [6, 6.07) is 4.03. The molecule has 3 nitrogen and oxygen atoms in total. The van der Waals surface area contributed by atoms with E-state index >= 15 is 0 Å². The van der Waals surface area contributed by atoms with Crippen molar-refractivity contribution < 1.29 is 22.7 Å². The molecule has 0 amide bonds. The third kappa shape index (κ3) is 7.08. The van der Waals surface area contributed by atoms with Gasteiger partial charge in [0.05, 0.1) is 12.2 Å². The van der Waals surface area contributed by atoms with Crippen LogP contribution in [0.4, 0.5) is 8.78 Å². The smallest absolute Gasteiger partial charge is 0.273 e. The molecule has 132 valence electrons. The average molecular weight is 346 g/mol. The zero-order valence-electron chi connectivity index (χ0n) is 14.7. The Morgan fingerprint density at radius 3 is 2.09 bits per heavy atom. The topological polar surface area (TPSA) is 27.7 Å². The van der Waals surface area contributed by atoms with E-state index in [-0.39, 0.29) is 12.2 Å². The van der Waals surface area contributed by atoms with Crippen molar-refractivity contribution in [1.29, 1.82) is 0 Å². The van der Waals surface area contributed by atoms with E-state index in [1.807, 2.05) is 27.7 Å². The van der Waals surface area contributed by atoms with Crippen LogP contribution in [-0.2, 0) is 20.3 Å². The largest absolute Gasteiger partial charge is 0.380 e. The van der Waals surface area contributed by atoms with Gasteiger partial charge in [-0.15, -0.1) is 0 Å². The van der Waals surface area contributed by atoms with E-state index in [9.17, 15) is 8.78 Å². The highest BCUT2D eigenvalue weighted by atomic mass is 28.2. The van der Waals surface area contributed by atoms with Gasteiger partial charge in [-0.3, -0.25) is 0 Å². The number of benzene rings is 1. The van der Waals surface area contributed by atoms with E-state index in [0.717, 1.165) is 18.4 Å². The first-order valence-corrected chi connectivity index (χ1v) is 8.94. The summed E-state index contributed by atoms with van der Waals surface area (Å²) in [6.07, 6.45) is 2.90. The summed E-state index contributed by atoms with van der Waals surface area (Å²) in [6.45, 7) is 7.78. The maximum absolute atomic E-state index is 13.2. The van der Waals surface area contributed by atoms with Crippen molar-refractivity contribution in [3.05, 3.63) is 35.4 Å². The van der Waals surface area contributed by atoms with Gasteiger partial charge in [-0.25, -0.2) is 8.78 Å². The number of hydrogen-bond acceptors (Lipinski definition) is 3. The van der Waals surface area contributed by atoms with Crippen molar-refractivity contribution in [1.82, 2.24) is 0 Å². The number of aryl methyl sites for hydroxylation is 1. The first-order valence-electron chi connectivity index (χ1n) is 8.12. The highest BCUT2D eigenvalue weighted by Gasteiger charge is 2.33. The van der Waals surface area contributed by atoms with Crippen molar-refractivity contribution in [2.75, 3.05) is 0 Å². The molecule has 0 heterocycles. The molecule has 0 spiro atoms. The predicted molar refractivity (Wildman–Crippen MR) is 90.1 cm³/mol. The standard InChI is InChI=1S/C17H28F2O3Si/c1-12(2)20-17(22-23,21-13(3)4)10-6-5-7-14-8-9-15(18)16(19)11-14/h8-9,11-13H,5-7,10H2,1-4,23H3. The first-order chi connectivity index (χ1) is 10.8. The lowest BCUT2D eigenvalue weighted by atomic mass is 10.1. The molecule has 0 unspecified atom stereocenters. The zero-order chi connectivity index (χ0) is 17.5. The van der Waals surface area contributed by atoms with Crippen LogP contribution in [0.1, 0.15) is 52.5 Å². The third-order valence-electron chi connectivity index (χ3n) is 3.32. The summed E-state index contributed by atoms with van der Waals surface area (Å²) < 4.78 is 43.5. The van der Waals surface area contributed by atoms with Gasteiger partial charge in [-0.05, 0) is 64.7 Å². The molecule has 0 aromatic heterocycles. The Bertz CT molecular complexity index is 471. The Morgan fingerprint density at radius 1 is 1.00 bits per heavy atom. The minimum Gasteiger partial charge on any atom is -0.380 e. The Morgan fingerprint density at radius 2 is 1.61 bits per heavy atom. The zero-order valence-corrected chi connectivity index (χ0v) is 16.7. The van der Waals surface area contributed by atoms with Crippen LogP contribution in [0.3, 0.4) is 0 Å². The number of rotatable bonds is 10. The molecule has 1 aromatic rings. The average Bonchev–Trinajstić information content (AvgIpc) is 2.45.